The van der Waals surface area contributed by atoms with Crippen LogP contribution in [-0.4, -0.2) is 10.9 Å². The van der Waals surface area contributed by atoms with Crippen LogP contribution in [0.1, 0.15) is 16.1 Å². The molecule has 0 unspecified atom stereocenters. The monoisotopic (exact) mass is 414 g/mol. The Balaban J connectivity index is 1.74. The van der Waals surface area contributed by atoms with Crippen LogP contribution in [0.4, 0.5) is 18.2 Å². The number of carbonyl (C=O) groups excluding carboxylic acids is 1. The molecule has 0 saturated carbocycles. The second-order valence-corrected chi connectivity index (χ2v) is 7.04. The van der Waals surface area contributed by atoms with Crippen molar-refractivity contribution in [2.75, 3.05) is 5.32 Å². The summed E-state index contributed by atoms with van der Waals surface area (Å²) < 4.78 is 44.1. The molecule has 2 heterocycles. The Morgan fingerprint density at radius 1 is 0.931 bits per heavy atom. The number of hydrogen-bond donors (Lipinski definition) is 1. The van der Waals surface area contributed by atoms with Crippen molar-refractivity contribution in [1.29, 1.82) is 0 Å². The summed E-state index contributed by atoms with van der Waals surface area (Å²) in [5.41, 5.74) is 0.924. The molecule has 0 aliphatic heterocycles. The molecular weight excluding hydrogens is 401 g/mol. The Labute approximate surface area is 167 Å². The second-order valence-electron chi connectivity index (χ2n) is 6.04. The largest absolute Gasteiger partial charge is 0.459 e. The van der Waals surface area contributed by atoms with E-state index in [1.54, 1.807) is 0 Å². The first-order chi connectivity index (χ1) is 13.9. The highest BCUT2D eigenvalue weighted by atomic mass is 32.1. The van der Waals surface area contributed by atoms with E-state index in [2.05, 4.69) is 10.3 Å². The van der Waals surface area contributed by atoms with Gasteiger partial charge in [0.15, 0.2) is 0 Å². The van der Waals surface area contributed by atoms with Gasteiger partial charge in [0.05, 0.1) is 6.26 Å². The van der Waals surface area contributed by atoms with E-state index in [4.69, 9.17) is 4.42 Å². The van der Waals surface area contributed by atoms with E-state index < -0.39 is 23.4 Å². The van der Waals surface area contributed by atoms with Crippen LogP contribution < -0.4 is 5.32 Å². The number of amides is 1. The maximum atomic E-state index is 13.1. The van der Waals surface area contributed by atoms with Gasteiger partial charge in [0.2, 0.25) is 5.76 Å². The molecule has 29 heavy (non-hydrogen) atoms. The zero-order chi connectivity index (χ0) is 20.4. The van der Waals surface area contributed by atoms with Gasteiger partial charge in [0, 0.05) is 11.1 Å². The molecule has 4 aromatic rings. The smallest absolute Gasteiger partial charge is 0.420 e. The molecule has 0 aliphatic rings. The van der Waals surface area contributed by atoms with Crippen LogP contribution in [0.2, 0.25) is 0 Å². The number of furan rings is 1. The third-order valence-electron chi connectivity index (χ3n) is 4.10. The van der Waals surface area contributed by atoms with Gasteiger partial charge in [-0.05, 0) is 6.07 Å². The maximum absolute atomic E-state index is 13.1. The zero-order valence-corrected chi connectivity index (χ0v) is 15.6. The number of aromatic nitrogens is 1. The lowest BCUT2D eigenvalue weighted by Crippen LogP contribution is -2.16. The summed E-state index contributed by atoms with van der Waals surface area (Å²) in [6, 6.07) is 19.1. The van der Waals surface area contributed by atoms with Crippen molar-refractivity contribution in [3.63, 3.8) is 0 Å². The summed E-state index contributed by atoms with van der Waals surface area (Å²) in [5.74, 6) is -1.77. The summed E-state index contributed by atoms with van der Waals surface area (Å²) in [6.45, 7) is 0. The molecule has 4 rings (SSSR count). The van der Waals surface area contributed by atoms with Crippen molar-refractivity contribution >= 4 is 22.2 Å². The van der Waals surface area contributed by atoms with Crippen LogP contribution in [0.15, 0.2) is 77.4 Å². The van der Waals surface area contributed by atoms with Gasteiger partial charge < -0.3 is 9.73 Å². The fourth-order valence-corrected chi connectivity index (χ4v) is 3.76. The van der Waals surface area contributed by atoms with Crippen molar-refractivity contribution in [1.82, 2.24) is 4.98 Å². The maximum Gasteiger partial charge on any atom is 0.420 e. The van der Waals surface area contributed by atoms with Gasteiger partial charge in [-0.1, -0.05) is 72.0 Å². The average Bonchev–Trinajstić information content (AvgIpc) is 3.37. The lowest BCUT2D eigenvalue weighted by Gasteiger charge is -2.07. The lowest BCUT2D eigenvalue weighted by atomic mass is 10.1. The van der Waals surface area contributed by atoms with Gasteiger partial charge in [-0.3, -0.25) is 4.79 Å². The predicted molar refractivity (Wildman–Crippen MR) is 105 cm³/mol. The second kappa shape index (κ2) is 7.56. The Hall–Kier alpha value is -3.39. The highest BCUT2D eigenvalue weighted by Gasteiger charge is 2.38. The topological polar surface area (TPSA) is 55.1 Å². The summed E-state index contributed by atoms with van der Waals surface area (Å²) in [7, 11) is 0. The molecule has 2 aromatic heterocycles. The predicted octanol–water partition coefficient (Wildman–Crippen LogP) is 6.34. The number of hydrogen-bond acceptors (Lipinski definition) is 4. The van der Waals surface area contributed by atoms with E-state index in [1.165, 1.54) is 11.3 Å². The highest BCUT2D eigenvalue weighted by molar-refractivity contribution is 7.19. The third-order valence-corrected chi connectivity index (χ3v) is 5.12. The Morgan fingerprint density at radius 3 is 2.17 bits per heavy atom. The highest BCUT2D eigenvalue weighted by Crippen LogP contribution is 2.39. The standard InChI is InChI=1S/C21H13F3N2O2S/c22-21(23,24)15-11-12-28-17(15)18(27)26-20-16(13-7-3-1-4-8-13)25-19(29-20)14-9-5-2-6-10-14/h1-12H,(H,26,27). The number of alkyl halides is 3. The van der Waals surface area contributed by atoms with E-state index in [1.807, 2.05) is 60.7 Å². The number of rotatable bonds is 4. The molecule has 0 bridgehead atoms. The minimum atomic E-state index is -4.69. The zero-order valence-electron chi connectivity index (χ0n) is 14.7. The van der Waals surface area contributed by atoms with Crippen molar-refractivity contribution in [2.24, 2.45) is 0 Å². The molecule has 1 N–H and O–H groups in total. The van der Waals surface area contributed by atoms with Crippen molar-refractivity contribution < 1.29 is 22.4 Å². The van der Waals surface area contributed by atoms with E-state index in [0.717, 1.165) is 23.5 Å². The summed E-state index contributed by atoms with van der Waals surface area (Å²) >= 11 is 1.18. The minimum absolute atomic E-state index is 0.338. The first-order valence-corrected chi connectivity index (χ1v) is 9.33. The van der Waals surface area contributed by atoms with E-state index in [0.29, 0.717) is 15.7 Å². The van der Waals surface area contributed by atoms with Crippen LogP contribution in [-0.2, 0) is 6.18 Å². The normalized spacial score (nSPS) is 11.4. The molecule has 2 aromatic carbocycles. The molecule has 0 fully saturated rings. The van der Waals surface area contributed by atoms with Crippen LogP contribution >= 0.6 is 11.3 Å². The molecule has 0 saturated heterocycles. The summed E-state index contributed by atoms with van der Waals surface area (Å²) in [4.78, 5) is 17.2. The van der Waals surface area contributed by atoms with Crippen molar-refractivity contribution in [2.45, 2.75) is 6.18 Å². The Kier molecular flexibility index (Phi) is 4.94. The van der Waals surface area contributed by atoms with Crippen LogP contribution in [0.25, 0.3) is 21.8 Å². The number of halogens is 3. The SMILES string of the molecule is O=C(Nc1sc(-c2ccccc2)nc1-c1ccccc1)c1occc1C(F)(F)F. The minimum Gasteiger partial charge on any atom is -0.459 e. The number of carbonyl (C=O) groups is 1. The molecule has 0 aliphatic carbocycles. The number of nitrogens with zero attached hydrogens (tertiary/aromatic N) is 1. The van der Waals surface area contributed by atoms with Crippen LogP contribution in [0.3, 0.4) is 0 Å². The van der Waals surface area contributed by atoms with Gasteiger partial charge in [0.25, 0.3) is 5.91 Å². The molecule has 1 amide bonds. The number of benzene rings is 2. The Morgan fingerprint density at radius 2 is 1.55 bits per heavy atom. The molecular formula is C21H13F3N2O2S. The van der Waals surface area contributed by atoms with Crippen molar-refractivity contribution in [3.8, 4) is 21.8 Å². The molecule has 0 spiro atoms. The number of anilines is 1. The average molecular weight is 414 g/mol. The molecule has 4 nitrogen and oxygen atoms in total. The van der Waals surface area contributed by atoms with Crippen LogP contribution in [0, 0.1) is 0 Å². The fourth-order valence-electron chi connectivity index (χ4n) is 2.77. The first-order valence-electron chi connectivity index (χ1n) is 8.51. The molecule has 8 heteroatoms. The van der Waals surface area contributed by atoms with E-state index in [-0.39, 0.29) is 0 Å². The Bertz CT molecular complexity index is 1140. The van der Waals surface area contributed by atoms with Gasteiger partial charge >= 0.3 is 6.18 Å². The number of thiazole rings is 1. The molecule has 0 radical (unpaired) electrons. The first kappa shape index (κ1) is 18.9. The fraction of sp³-hybridized carbons (Fsp3) is 0.0476. The van der Waals surface area contributed by atoms with Gasteiger partial charge in [-0.25, -0.2) is 4.98 Å². The molecule has 0 atom stereocenters. The quantitative estimate of drug-likeness (QED) is 0.424. The van der Waals surface area contributed by atoms with Gasteiger partial charge in [-0.2, -0.15) is 13.2 Å². The van der Waals surface area contributed by atoms with Gasteiger partial charge in [-0.15, -0.1) is 0 Å². The summed E-state index contributed by atoms with van der Waals surface area (Å²) in [6.07, 6.45) is -3.84. The van der Waals surface area contributed by atoms with Crippen molar-refractivity contribution in [3.05, 3.63) is 84.3 Å². The van der Waals surface area contributed by atoms with E-state index >= 15 is 0 Å². The number of nitrogens with one attached hydrogen (secondary N) is 1. The molecule has 146 valence electrons. The van der Waals surface area contributed by atoms with E-state index in [9.17, 15) is 18.0 Å². The summed E-state index contributed by atoms with van der Waals surface area (Å²) in [5, 5.41) is 3.51. The third kappa shape index (κ3) is 3.93. The lowest BCUT2D eigenvalue weighted by molar-refractivity contribution is -0.138. The van der Waals surface area contributed by atoms with Gasteiger partial charge in [0.1, 0.15) is 21.3 Å². The van der Waals surface area contributed by atoms with Crippen LogP contribution in [0.5, 0.6) is 0 Å².